The van der Waals surface area contributed by atoms with Crippen molar-refractivity contribution in [2.24, 2.45) is 0 Å². The summed E-state index contributed by atoms with van der Waals surface area (Å²) in [6, 6.07) is 7.39. The van der Waals surface area contributed by atoms with E-state index in [0.717, 1.165) is 5.56 Å². The second kappa shape index (κ2) is 7.39. The Morgan fingerprint density at radius 2 is 1.95 bits per heavy atom. The van der Waals surface area contributed by atoms with Gasteiger partial charge in [0.15, 0.2) is 11.5 Å². The van der Waals surface area contributed by atoms with Gasteiger partial charge in [0.05, 0.1) is 26.7 Å². The summed E-state index contributed by atoms with van der Waals surface area (Å²) in [7, 11) is 3.12. The first kappa shape index (κ1) is 15.8. The van der Waals surface area contributed by atoms with Gasteiger partial charge in [0.2, 0.25) is 5.91 Å². The molecule has 0 atom stereocenters. The number of nitriles is 1. The molecule has 0 fully saturated rings. The van der Waals surface area contributed by atoms with Crippen molar-refractivity contribution in [2.75, 3.05) is 20.8 Å². The molecule has 0 N–H and O–H groups in total. The van der Waals surface area contributed by atoms with Crippen molar-refractivity contribution < 1.29 is 14.3 Å². The van der Waals surface area contributed by atoms with Gasteiger partial charge >= 0.3 is 0 Å². The zero-order valence-electron chi connectivity index (χ0n) is 12.3. The van der Waals surface area contributed by atoms with Crippen LogP contribution < -0.4 is 9.47 Å². The molecule has 20 heavy (non-hydrogen) atoms. The van der Waals surface area contributed by atoms with Crippen molar-refractivity contribution in [2.45, 2.75) is 26.3 Å². The third-order valence-electron chi connectivity index (χ3n) is 2.99. The highest BCUT2D eigenvalue weighted by atomic mass is 16.5. The highest BCUT2D eigenvalue weighted by Gasteiger charge is 2.17. The van der Waals surface area contributed by atoms with Crippen LogP contribution in [-0.2, 0) is 11.2 Å². The van der Waals surface area contributed by atoms with E-state index in [4.69, 9.17) is 14.7 Å². The standard InChI is InChI=1S/C15H20N2O3/c1-11(2)17(8-7-16)15(18)10-12-5-6-13(19-3)14(9-12)20-4/h5-6,9,11H,8,10H2,1-4H3. The van der Waals surface area contributed by atoms with Crippen molar-refractivity contribution in [3.63, 3.8) is 0 Å². The van der Waals surface area contributed by atoms with Crippen LogP contribution >= 0.6 is 0 Å². The SMILES string of the molecule is COc1ccc(CC(=O)N(CC#N)C(C)C)cc1OC. The van der Waals surface area contributed by atoms with Crippen LogP contribution in [0.25, 0.3) is 0 Å². The summed E-state index contributed by atoms with van der Waals surface area (Å²) in [5.41, 5.74) is 0.830. The second-order valence-corrected chi connectivity index (χ2v) is 4.64. The molecule has 0 aliphatic heterocycles. The Kier molecular flexibility index (Phi) is 5.85. The lowest BCUT2D eigenvalue weighted by Crippen LogP contribution is -2.38. The van der Waals surface area contributed by atoms with Gasteiger partial charge in [-0.05, 0) is 31.5 Å². The highest BCUT2D eigenvalue weighted by Crippen LogP contribution is 2.27. The molecule has 1 amide bonds. The Morgan fingerprint density at radius 1 is 1.30 bits per heavy atom. The molecule has 1 rings (SSSR count). The van der Waals surface area contributed by atoms with Crippen molar-refractivity contribution >= 4 is 5.91 Å². The first-order valence-electron chi connectivity index (χ1n) is 6.40. The van der Waals surface area contributed by atoms with E-state index in [-0.39, 0.29) is 24.9 Å². The number of carbonyl (C=O) groups is 1. The van der Waals surface area contributed by atoms with E-state index >= 15 is 0 Å². The minimum atomic E-state index is -0.0752. The van der Waals surface area contributed by atoms with E-state index in [2.05, 4.69) is 0 Å². The Morgan fingerprint density at radius 3 is 2.45 bits per heavy atom. The number of hydrogen-bond acceptors (Lipinski definition) is 4. The molecule has 0 heterocycles. The second-order valence-electron chi connectivity index (χ2n) is 4.64. The molecule has 1 aromatic carbocycles. The maximum Gasteiger partial charge on any atom is 0.228 e. The predicted molar refractivity (Wildman–Crippen MR) is 75.7 cm³/mol. The van der Waals surface area contributed by atoms with E-state index in [1.54, 1.807) is 31.3 Å². The molecular formula is C15H20N2O3. The lowest BCUT2D eigenvalue weighted by Gasteiger charge is -2.24. The Balaban J connectivity index is 2.87. The molecule has 0 aromatic heterocycles. The van der Waals surface area contributed by atoms with E-state index in [9.17, 15) is 4.79 Å². The zero-order valence-corrected chi connectivity index (χ0v) is 12.3. The minimum absolute atomic E-state index is 0.00212. The molecule has 0 saturated heterocycles. The third kappa shape index (κ3) is 3.89. The van der Waals surface area contributed by atoms with Crippen LogP contribution in [0.2, 0.25) is 0 Å². The van der Waals surface area contributed by atoms with E-state index in [0.29, 0.717) is 11.5 Å². The van der Waals surface area contributed by atoms with Crippen LogP contribution in [0.4, 0.5) is 0 Å². The number of amides is 1. The highest BCUT2D eigenvalue weighted by molar-refractivity contribution is 5.79. The lowest BCUT2D eigenvalue weighted by molar-refractivity contribution is -0.131. The molecule has 0 aliphatic carbocycles. The Bertz CT molecular complexity index is 506. The van der Waals surface area contributed by atoms with Gasteiger partial charge in [-0.15, -0.1) is 0 Å². The summed E-state index contributed by atoms with van der Waals surface area (Å²) in [5, 5.41) is 8.77. The van der Waals surface area contributed by atoms with Crippen molar-refractivity contribution in [1.82, 2.24) is 4.90 Å². The average molecular weight is 276 g/mol. The van der Waals surface area contributed by atoms with Crippen LogP contribution in [0.5, 0.6) is 11.5 Å². The van der Waals surface area contributed by atoms with Gasteiger partial charge in [0.1, 0.15) is 6.54 Å². The van der Waals surface area contributed by atoms with Gasteiger partial charge in [0.25, 0.3) is 0 Å². The summed E-state index contributed by atoms with van der Waals surface area (Å²) in [6.07, 6.45) is 0.236. The summed E-state index contributed by atoms with van der Waals surface area (Å²) < 4.78 is 10.4. The van der Waals surface area contributed by atoms with Gasteiger partial charge in [0, 0.05) is 6.04 Å². The number of ether oxygens (including phenoxy) is 2. The molecule has 5 heteroatoms. The number of carbonyl (C=O) groups excluding carboxylic acids is 1. The van der Waals surface area contributed by atoms with Gasteiger partial charge < -0.3 is 14.4 Å². The largest absolute Gasteiger partial charge is 0.493 e. The average Bonchev–Trinajstić information content (AvgIpc) is 2.43. The zero-order chi connectivity index (χ0) is 15.1. The summed E-state index contributed by atoms with van der Waals surface area (Å²) in [4.78, 5) is 13.8. The Hall–Kier alpha value is -2.22. The van der Waals surface area contributed by atoms with Crippen molar-refractivity contribution in [1.29, 1.82) is 5.26 Å². The third-order valence-corrected chi connectivity index (χ3v) is 2.99. The maximum absolute atomic E-state index is 12.2. The maximum atomic E-state index is 12.2. The first-order chi connectivity index (χ1) is 9.53. The molecule has 0 unspecified atom stereocenters. The molecular weight excluding hydrogens is 256 g/mol. The van der Waals surface area contributed by atoms with Crippen LogP contribution in [0, 0.1) is 11.3 Å². The molecule has 0 saturated carbocycles. The fourth-order valence-electron chi connectivity index (χ4n) is 1.90. The number of hydrogen-bond donors (Lipinski definition) is 0. The molecule has 5 nitrogen and oxygen atoms in total. The number of rotatable bonds is 6. The van der Waals surface area contributed by atoms with E-state index < -0.39 is 0 Å². The topological polar surface area (TPSA) is 62.6 Å². The molecule has 108 valence electrons. The number of methoxy groups -OCH3 is 2. The van der Waals surface area contributed by atoms with E-state index in [1.165, 1.54) is 0 Å². The Labute approximate surface area is 119 Å². The quantitative estimate of drug-likeness (QED) is 0.746. The van der Waals surface area contributed by atoms with Crippen molar-refractivity contribution in [3.8, 4) is 17.6 Å². The first-order valence-corrected chi connectivity index (χ1v) is 6.40. The van der Waals surface area contributed by atoms with Gasteiger partial charge in [-0.3, -0.25) is 4.79 Å². The fraction of sp³-hybridized carbons (Fsp3) is 0.467. The normalized spacial score (nSPS) is 10.0. The van der Waals surface area contributed by atoms with Crippen LogP contribution in [0.15, 0.2) is 18.2 Å². The summed E-state index contributed by atoms with van der Waals surface area (Å²) in [5.74, 6) is 1.14. The molecule has 0 radical (unpaired) electrons. The molecule has 0 bridgehead atoms. The number of nitrogens with zero attached hydrogens (tertiary/aromatic N) is 2. The predicted octanol–water partition coefficient (Wildman–Crippen LogP) is 2.01. The van der Waals surface area contributed by atoms with Crippen LogP contribution in [0.3, 0.4) is 0 Å². The summed E-state index contributed by atoms with van der Waals surface area (Å²) >= 11 is 0. The van der Waals surface area contributed by atoms with Gasteiger partial charge in [-0.25, -0.2) is 0 Å². The van der Waals surface area contributed by atoms with Crippen LogP contribution in [-0.4, -0.2) is 37.6 Å². The number of benzene rings is 1. The minimum Gasteiger partial charge on any atom is -0.493 e. The molecule has 0 spiro atoms. The van der Waals surface area contributed by atoms with Gasteiger partial charge in [-0.1, -0.05) is 6.07 Å². The van der Waals surface area contributed by atoms with Crippen LogP contribution in [0.1, 0.15) is 19.4 Å². The van der Waals surface area contributed by atoms with Crippen molar-refractivity contribution in [3.05, 3.63) is 23.8 Å². The lowest BCUT2D eigenvalue weighted by atomic mass is 10.1. The smallest absolute Gasteiger partial charge is 0.228 e. The van der Waals surface area contributed by atoms with E-state index in [1.807, 2.05) is 26.0 Å². The monoisotopic (exact) mass is 276 g/mol. The molecule has 1 aromatic rings. The fourth-order valence-corrected chi connectivity index (χ4v) is 1.90. The molecule has 0 aliphatic rings. The van der Waals surface area contributed by atoms with Gasteiger partial charge in [-0.2, -0.15) is 5.26 Å². The summed E-state index contributed by atoms with van der Waals surface area (Å²) in [6.45, 7) is 3.89.